The number of aromatic nitrogens is 3. The van der Waals surface area contributed by atoms with Crippen LogP contribution in [0.2, 0.25) is 0 Å². The zero-order valence-electron chi connectivity index (χ0n) is 6.36. The van der Waals surface area contributed by atoms with E-state index in [4.69, 9.17) is 5.73 Å². The standard InChI is InChI=1S/C8H8N4/c9-7-6(2-1-3-10-7)8-11-4-5-12-8/h1-5H,(H2,9,10)(H,11,12). The predicted octanol–water partition coefficient (Wildman–Crippen LogP) is 1.05. The molecule has 0 radical (unpaired) electrons. The second kappa shape index (κ2) is 2.65. The third-order valence-electron chi connectivity index (χ3n) is 1.59. The van der Waals surface area contributed by atoms with Crippen LogP contribution in [0.15, 0.2) is 30.7 Å². The lowest BCUT2D eigenvalue weighted by Gasteiger charge is -1.98. The molecule has 0 fully saturated rings. The van der Waals surface area contributed by atoms with Gasteiger partial charge < -0.3 is 10.7 Å². The van der Waals surface area contributed by atoms with Crippen LogP contribution in [0.3, 0.4) is 0 Å². The Labute approximate surface area is 69.5 Å². The van der Waals surface area contributed by atoms with Gasteiger partial charge in [0.1, 0.15) is 11.6 Å². The van der Waals surface area contributed by atoms with Gasteiger partial charge in [0.25, 0.3) is 0 Å². The Bertz CT molecular complexity index is 366. The quantitative estimate of drug-likeness (QED) is 0.655. The van der Waals surface area contributed by atoms with Crippen molar-refractivity contribution in [2.45, 2.75) is 0 Å². The smallest absolute Gasteiger partial charge is 0.140 e. The maximum Gasteiger partial charge on any atom is 0.140 e. The van der Waals surface area contributed by atoms with E-state index in [0.29, 0.717) is 5.82 Å². The summed E-state index contributed by atoms with van der Waals surface area (Å²) in [6, 6.07) is 3.70. The van der Waals surface area contributed by atoms with Gasteiger partial charge in [-0.25, -0.2) is 9.97 Å². The Balaban J connectivity index is 2.55. The molecule has 0 spiro atoms. The molecule has 0 bridgehead atoms. The first-order valence-electron chi connectivity index (χ1n) is 3.58. The summed E-state index contributed by atoms with van der Waals surface area (Å²) in [5.74, 6) is 1.24. The van der Waals surface area contributed by atoms with Crippen molar-refractivity contribution in [3.8, 4) is 11.4 Å². The maximum atomic E-state index is 5.64. The number of hydrogen-bond donors (Lipinski definition) is 2. The fraction of sp³-hybridized carbons (Fsp3) is 0. The Kier molecular flexibility index (Phi) is 1.51. The second-order valence-electron chi connectivity index (χ2n) is 2.37. The highest BCUT2D eigenvalue weighted by atomic mass is 14.9. The van der Waals surface area contributed by atoms with E-state index in [0.717, 1.165) is 11.4 Å². The van der Waals surface area contributed by atoms with Gasteiger partial charge in [-0.3, -0.25) is 0 Å². The van der Waals surface area contributed by atoms with Gasteiger partial charge in [-0.15, -0.1) is 0 Å². The number of anilines is 1. The van der Waals surface area contributed by atoms with Gasteiger partial charge in [0, 0.05) is 18.6 Å². The number of pyridine rings is 1. The number of nitrogens with zero attached hydrogens (tertiary/aromatic N) is 2. The number of rotatable bonds is 1. The molecule has 2 aromatic heterocycles. The number of nitrogen functional groups attached to an aromatic ring is 1. The van der Waals surface area contributed by atoms with Crippen LogP contribution in [0.5, 0.6) is 0 Å². The highest BCUT2D eigenvalue weighted by Crippen LogP contribution is 2.18. The highest BCUT2D eigenvalue weighted by molar-refractivity contribution is 5.67. The van der Waals surface area contributed by atoms with Crippen molar-refractivity contribution >= 4 is 5.82 Å². The van der Waals surface area contributed by atoms with E-state index >= 15 is 0 Å². The molecule has 0 saturated heterocycles. The summed E-state index contributed by atoms with van der Waals surface area (Å²) in [5.41, 5.74) is 6.48. The zero-order valence-corrected chi connectivity index (χ0v) is 6.36. The maximum absolute atomic E-state index is 5.64. The summed E-state index contributed by atoms with van der Waals surface area (Å²) in [4.78, 5) is 11.0. The van der Waals surface area contributed by atoms with Gasteiger partial charge in [0.15, 0.2) is 0 Å². The molecule has 2 aromatic rings. The molecule has 0 saturated carbocycles. The minimum Gasteiger partial charge on any atom is -0.383 e. The van der Waals surface area contributed by atoms with Crippen molar-refractivity contribution in [3.05, 3.63) is 30.7 Å². The van der Waals surface area contributed by atoms with E-state index < -0.39 is 0 Å². The topological polar surface area (TPSA) is 67.6 Å². The Hall–Kier alpha value is -1.84. The second-order valence-corrected chi connectivity index (χ2v) is 2.37. The van der Waals surface area contributed by atoms with Crippen LogP contribution < -0.4 is 5.73 Å². The van der Waals surface area contributed by atoms with Gasteiger partial charge in [0.05, 0.1) is 5.56 Å². The third-order valence-corrected chi connectivity index (χ3v) is 1.59. The fourth-order valence-electron chi connectivity index (χ4n) is 1.03. The average Bonchev–Trinajstić information content (AvgIpc) is 2.57. The number of hydrogen-bond acceptors (Lipinski definition) is 3. The van der Waals surface area contributed by atoms with Crippen LogP contribution in [0, 0.1) is 0 Å². The van der Waals surface area contributed by atoms with Crippen LogP contribution >= 0.6 is 0 Å². The van der Waals surface area contributed by atoms with Crippen molar-refractivity contribution in [2.75, 3.05) is 5.73 Å². The van der Waals surface area contributed by atoms with Gasteiger partial charge in [-0.1, -0.05) is 0 Å². The normalized spacial score (nSPS) is 10.0. The Morgan fingerprint density at radius 3 is 2.83 bits per heavy atom. The first-order chi connectivity index (χ1) is 5.88. The summed E-state index contributed by atoms with van der Waals surface area (Å²) in [6.45, 7) is 0. The summed E-state index contributed by atoms with van der Waals surface area (Å²) < 4.78 is 0. The largest absolute Gasteiger partial charge is 0.383 e. The van der Waals surface area contributed by atoms with Crippen molar-refractivity contribution in [1.29, 1.82) is 0 Å². The minimum absolute atomic E-state index is 0.493. The molecule has 3 N–H and O–H groups in total. The number of H-pyrrole nitrogens is 1. The molecule has 60 valence electrons. The van der Waals surface area contributed by atoms with Crippen molar-refractivity contribution < 1.29 is 0 Å². The number of nitrogens with two attached hydrogens (primary N) is 1. The van der Waals surface area contributed by atoms with E-state index in [1.165, 1.54) is 0 Å². The van der Waals surface area contributed by atoms with Gasteiger partial charge >= 0.3 is 0 Å². The van der Waals surface area contributed by atoms with Crippen LogP contribution in [0.4, 0.5) is 5.82 Å². The molecule has 0 unspecified atom stereocenters. The average molecular weight is 160 g/mol. The predicted molar refractivity (Wildman–Crippen MR) is 46.2 cm³/mol. The summed E-state index contributed by atoms with van der Waals surface area (Å²) in [7, 11) is 0. The monoisotopic (exact) mass is 160 g/mol. The van der Waals surface area contributed by atoms with E-state index in [9.17, 15) is 0 Å². The Morgan fingerprint density at radius 2 is 2.17 bits per heavy atom. The summed E-state index contributed by atoms with van der Waals surface area (Å²) in [6.07, 6.45) is 5.09. The molecular weight excluding hydrogens is 152 g/mol. The fourth-order valence-corrected chi connectivity index (χ4v) is 1.03. The third kappa shape index (κ3) is 1.03. The molecule has 0 atom stereocenters. The molecule has 0 amide bonds. The zero-order chi connectivity index (χ0) is 8.39. The number of aromatic amines is 1. The van der Waals surface area contributed by atoms with E-state index in [1.54, 1.807) is 18.6 Å². The van der Waals surface area contributed by atoms with E-state index in [2.05, 4.69) is 15.0 Å². The molecule has 4 nitrogen and oxygen atoms in total. The lowest BCUT2D eigenvalue weighted by Crippen LogP contribution is -1.93. The molecule has 0 aliphatic rings. The SMILES string of the molecule is Nc1ncccc1-c1ncc[nH]1. The van der Waals surface area contributed by atoms with Crippen molar-refractivity contribution in [2.24, 2.45) is 0 Å². The molecule has 0 aliphatic heterocycles. The molecule has 2 heterocycles. The molecule has 0 aliphatic carbocycles. The van der Waals surface area contributed by atoms with Gasteiger partial charge in [0.2, 0.25) is 0 Å². The molecular formula is C8H8N4. The van der Waals surface area contributed by atoms with Crippen LogP contribution in [0.25, 0.3) is 11.4 Å². The van der Waals surface area contributed by atoms with Gasteiger partial charge in [-0.2, -0.15) is 0 Å². The Morgan fingerprint density at radius 1 is 1.25 bits per heavy atom. The van der Waals surface area contributed by atoms with Crippen LogP contribution in [0.1, 0.15) is 0 Å². The lowest BCUT2D eigenvalue weighted by molar-refractivity contribution is 1.27. The molecule has 4 heteroatoms. The molecule has 0 aromatic carbocycles. The van der Waals surface area contributed by atoms with Gasteiger partial charge in [-0.05, 0) is 12.1 Å². The molecule has 12 heavy (non-hydrogen) atoms. The van der Waals surface area contributed by atoms with Crippen molar-refractivity contribution in [3.63, 3.8) is 0 Å². The van der Waals surface area contributed by atoms with E-state index in [-0.39, 0.29) is 0 Å². The summed E-state index contributed by atoms with van der Waals surface area (Å²) >= 11 is 0. The highest BCUT2D eigenvalue weighted by Gasteiger charge is 2.02. The number of nitrogens with one attached hydrogen (secondary N) is 1. The van der Waals surface area contributed by atoms with E-state index in [1.807, 2.05) is 12.1 Å². The van der Waals surface area contributed by atoms with Crippen molar-refractivity contribution in [1.82, 2.24) is 15.0 Å². The lowest BCUT2D eigenvalue weighted by atomic mass is 10.2. The first-order valence-corrected chi connectivity index (χ1v) is 3.58. The number of imidazole rings is 1. The minimum atomic E-state index is 0.493. The van der Waals surface area contributed by atoms with Crippen LogP contribution in [-0.2, 0) is 0 Å². The summed E-state index contributed by atoms with van der Waals surface area (Å²) in [5, 5.41) is 0. The first kappa shape index (κ1) is 6.84. The van der Waals surface area contributed by atoms with Crippen LogP contribution in [-0.4, -0.2) is 15.0 Å². The molecule has 2 rings (SSSR count).